The maximum atomic E-state index is 9.17. The maximum Gasteiger partial charge on any atom is 0.269 e. The molecule has 76 heavy (non-hydrogen) atoms. The number of para-hydroxylation sites is 4. The van der Waals surface area contributed by atoms with Crippen molar-refractivity contribution in [1.29, 1.82) is 0 Å². The van der Waals surface area contributed by atoms with Crippen molar-refractivity contribution < 1.29 is 23.0 Å². The quantitative estimate of drug-likeness (QED) is 0.0735. The minimum atomic E-state index is -0.574. The Morgan fingerprint density at radius 2 is 1.13 bits per heavy atom. The van der Waals surface area contributed by atoms with E-state index in [2.05, 4.69) is 147 Å². The van der Waals surface area contributed by atoms with E-state index in [9.17, 15) is 5.48 Å². The Bertz CT molecular complexity index is 4680. The molecule has 0 saturated carbocycles. The molecule has 0 aliphatic rings. The van der Waals surface area contributed by atoms with Crippen molar-refractivity contribution in [3.05, 3.63) is 279 Å². The Balaban J connectivity index is 1.04. The van der Waals surface area contributed by atoms with Crippen molar-refractivity contribution in [2.75, 3.05) is 0 Å². The smallest absolute Gasteiger partial charge is 0.269 e. The largest absolute Gasteiger partial charge is 0.457 e. The Hall–Kier alpha value is -9.52. The molecule has 5 nitrogen and oxygen atoms in total. The Morgan fingerprint density at radius 1 is 0.526 bits per heavy atom. The number of pyridine rings is 1. The van der Waals surface area contributed by atoms with E-state index < -0.39 is 60.4 Å². The van der Waals surface area contributed by atoms with Crippen LogP contribution in [0.1, 0.15) is 40.0 Å². The summed E-state index contributed by atoms with van der Waals surface area (Å²) in [5, 5.41) is 2.06. The molecule has 0 saturated heterocycles. The van der Waals surface area contributed by atoms with Gasteiger partial charge in [-0.15, -0.1) is 0 Å². The molecule has 0 aliphatic carbocycles. The average molecular weight is 987 g/mol. The third kappa shape index (κ3) is 8.44. The van der Waals surface area contributed by atoms with Gasteiger partial charge in [0.05, 0.1) is 47.1 Å². The van der Waals surface area contributed by atoms with Crippen LogP contribution in [0.5, 0.6) is 11.5 Å². The molecule has 3 aromatic heterocycles. The van der Waals surface area contributed by atoms with Crippen LogP contribution in [0.25, 0.3) is 83.4 Å². The SMILES string of the molecule is [2H]c1c([2H])c([2H])c(-c2cccc(-c3c([2H])c([2H])c([2H])c([2H])c3[2H])c2-[n+]2[c-]n(-c3cccc(Oc4cc5c(cc4-c4ccccc4B(c4ccccc4)c4ccccc4)c4ccccc4n5-c4cc(C(C)(C)C)ccn4)c3)c3ccccc32)c([2H])c1[2H]. The average Bonchev–Trinajstić information content (AvgIpc) is 1.54. The van der Waals surface area contributed by atoms with Crippen LogP contribution in [-0.2, 0) is 5.41 Å². The van der Waals surface area contributed by atoms with E-state index in [0.717, 1.165) is 60.7 Å². The van der Waals surface area contributed by atoms with Crippen LogP contribution in [0.4, 0.5) is 0 Å². The molecule has 13 aromatic rings. The van der Waals surface area contributed by atoms with Gasteiger partial charge in [0.25, 0.3) is 6.33 Å². The van der Waals surface area contributed by atoms with Crippen LogP contribution in [0, 0.1) is 6.33 Å². The van der Waals surface area contributed by atoms with Crippen LogP contribution in [-0.4, -0.2) is 20.8 Å². The molecule has 0 radical (unpaired) electrons. The summed E-state index contributed by atoms with van der Waals surface area (Å²) < 4.78 is 101. The molecule has 13 rings (SSSR count). The maximum absolute atomic E-state index is 9.17. The number of rotatable bonds is 11. The third-order valence-corrected chi connectivity index (χ3v) is 14.1. The zero-order valence-electron chi connectivity index (χ0n) is 51.9. The van der Waals surface area contributed by atoms with Gasteiger partial charge in [-0.05, 0) is 81.3 Å². The van der Waals surface area contributed by atoms with Crippen molar-refractivity contribution in [2.24, 2.45) is 0 Å². The first-order valence-electron chi connectivity index (χ1n) is 30.2. The van der Waals surface area contributed by atoms with Crippen LogP contribution in [0.2, 0.25) is 0 Å². The molecule has 0 fully saturated rings. The van der Waals surface area contributed by atoms with Gasteiger partial charge in [0.2, 0.25) is 6.71 Å². The Morgan fingerprint density at radius 3 is 1.83 bits per heavy atom. The van der Waals surface area contributed by atoms with Crippen molar-refractivity contribution in [3.8, 4) is 62.1 Å². The summed E-state index contributed by atoms with van der Waals surface area (Å²) in [6.45, 7) is 6.43. The van der Waals surface area contributed by atoms with Gasteiger partial charge >= 0.3 is 0 Å². The highest BCUT2D eigenvalue weighted by molar-refractivity contribution is 6.96. The van der Waals surface area contributed by atoms with Gasteiger partial charge in [0.1, 0.15) is 17.3 Å². The number of fused-ring (bicyclic) bond motifs is 4. The molecule has 0 spiro atoms. The first-order chi connectivity index (χ1) is 41.5. The lowest BCUT2D eigenvalue weighted by Gasteiger charge is -2.22. The molecular formula is C70H53BN4O. The summed E-state index contributed by atoms with van der Waals surface area (Å²) >= 11 is 0. The molecular weight excluding hydrogens is 924 g/mol. The van der Waals surface area contributed by atoms with Crippen molar-refractivity contribution in [1.82, 2.24) is 14.1 Å². The van der Waals surface area contributed by atoms with E-state index in [4.69, 9.17) is 17.9 Å². The second kappa shape index (κ2) is 19.4. The summed E-state index contributed by atoms with van der Waals surface area (Å²) in [5.74, 6) is 1.82. The predicted molar refractivity (Wildman–Crippen MR) is 315 cm³/mol. The predicted octanol–water partition coefficient (Wildman–Crippen LogP) is 14.8. The summed E-state index contributed by atoms with van der Waals surface area (Å²) in [4.78, 5) is 5.00. The van der Waals surface area contributed by atoms with Gasteiger partial charge in [-0.25, -0.2) is 4.98 Å². The summed E-state index contributed by atoms with van der Waals surface area (Å²) in [5.41, 5.74) is 10.00. The number of hydrogen-bond donors (Lipinski definition) is 0. The van der Waals surface area contributed by atoms with Gasteiger partial charge in [0, 0.05) is 28.6 Å². The Labute approximate surface area is 458 Å². The Kier molecular flexibility index (Phi) is 9.29. The minimum absolute atomic E-state index is 0.140. The first-order valence-corrected chi connectivity index (χ1v) is 25.2. The zero-order chi connectivity index (χ0) is 59.9. The molecule has 10 aromatic carbocycles. The van der Waals surface area contributed by atoms with Gasteiger partial charge in [-0.2, -0.15) is 0 Å². The summed E-state index contributed by atoms with van der Waals surface area (Å²) in [6, 6.07) is 61.1. The number of aromatic nitrogens is 4. The third-order valence-electron chi connectivity index (χ3n) is 14.1. The molecule has 0 atom stereocenters. The van der Waals surface area contributed by atoms with Crippen LogP contribution in [0.3, 0.4) is 0 Å². The number of imidazole rings is 1. The molecule has 362 valence electrons. The van der Waals surface area contributed by atoms with Crippen molar-refractivity contribution in [2.45, 2.75) is 26.2 Å². The molecule has 0 bridgehead atoms. The van der Waals surface area contributed by atoms with Gasteiger partial charge in [0.15, 0.2) is 0 Å². The van der Waals surface area contributed by atoms with Gasteiger partial charge < -0.3 is 4.74 Å². The first kappa shape index (κ1) is 36.4. The molecule has 3 heterocycles. The fraction of sp³-hybridized carbons (Fsp3) is 0.0571. The van der Waals surface area contributed by atoms with Gasteiger partial charge in [-0.1, -0.05) is 249 Å². The van der Waals surface area contributed by atoms with Crippen molar-refractivity contribution >= 4 is 55.9 Å². The molecule has 0 aliphatic heterocycles. The van der Waals surface area contributed by atoms with Crippen LogP contribution >= 0.6 is 0 Å². The van der Waals surface area contributed by atoms with E-state index in [1.165, 1.54) is 0 Å². The standard InChI is InChI=1S/C70H53BN4O/c1-70(2,3)51-42-43-72-68(44-51)75-63-39-19-17-35-59(63)60-46-61(58-34-16-18-38-62(58)71(52-28-12-6-13-29-52)53-30-14-7-15-31-53)67(47-66(60)75)76-55-33-22-32-54(45-55)73-48-74(65-41-21-20-40-64(65)73)69-56(49-24-8-4-9-25-49)36-23-37-57(69)50-26-10-5-11-27-50/h4-47H,1-3H3/i4D,5D,8D,9D,10D,11D,24D,25D,26D,27D. The van der Waals surface area contributed by atoms with Crippen LogP contribution < -0.4 is 25.7 Å². The molecule has 6 heteroatoms. The van der Waals surface area contributed by atoms with E-state index >= 15 is 0 Å². The second-order valence-corrected chi connectivity index (χ2v) is 19.8. The second-order valence-electron chi connectivity index (χ2n) is 19.8. The molecule has 0 amide bonds. The zero-order valence-corrected chi connectivity index (χ0v) is 41.9. The monoisotopic (exact) mass is 986 g/mol. The highest BCUT2D eigenvalue weighted by Gasteiger charge is 2.28. The fourth-order valence-corrected chi connectivity index (χ4v) is 10.6. The lowest BCUT2D eigenvalue weighted by Crippen LogP contribution is -2.52. The number of hydrogen-bond acceptors (Lipinski definition) is 2. The molecule has 0 N–H and O–H groups in total. The lowest BCUT2D eigenvalue weighted by atomic mass is 9.36. The van der Waals surface area contributed by atoms with E-state index in [1.807, 2.05) is 77.5 Å². The number of ether oxygens (including phenoxy) is 1. The molecule has 0 unspecified atom stereocenters. The minimum Gasteiger partial charge on any atom is -0.457 e. The normalized spacial score (nSPS) is 13.5. The van der Waals surface area contributed by atoms with E-state index in [-0.39, 0.29) is 40.1 Å². The topological polar surface area (TPSA) is 35.9 Å². The fourth-order valence-electron chi connectivity index (χ4n) is 10.6. The highest BCUT2D eigenvalue weighted by Crippen LogP contribution is 2.42. The number of nitrogens with zero attached hydrogens (tertiary/aromatic N) is 4. The van der Waals surface area contributed by atoms with E-state index in [0.29, 0.717) is 28.2 Å². The summed E-state index contributed by atoms with van der Waals surface area (Å²) in [7, 11) is 0. The highest BCUT2D eigenvalue weighted by atomic mass is 16.5. The summed E-state index contributed by atoms with van der Waals surface area (Å²) in [6.07, 6.45) is 5.39. The van der Waals surface area contributed by atoms with E-state index in [1.54, 1.807) is 22.8 Å². The lowest BCUT2D eigenvalue weighted by molar-refractivity contribution is -0.571. The number of benzene rings is 10. The van der Waals surface area contributed by atoms with Gasteiger partial charge in [-0.3, -0.25) is 13.7 Å². The van der Waals surface area contributed by atoms with Crippen LogP contribution in [0.15, 0.2) is 267 Å². The van der Waals surface area contributed by atoms with Crippen molar-refractivity contribution in [3.63, 3.8) is 0 Å².